The van der Waals surface area contributed by atoms with Gasteiger partial charge in [-0.2, -0.15) is 0 Å². The summed E-state index contributed by atoms with van der Waals surface area (Å²) in [5.74, 6) is -1.12. The minimum Gasteiger partial charge on any atom is -0.244 e. The van der Waals surface area contributed by atoms with Crippen molar-refractivity contribution in [1.82, 2.24) is 0 Å². The highest BCUT2D eigenvalue weighted by molar-refractivity contribution is 4.96. The Morgan fingerprint density at radius 2 is 0.967 bits per heavy atom. The van der Waals surface area contributed by atoms with Crippen molar-refractivity contribution in [2.24, 2.45) is 34.0 Å². The van der Waals surface area contributed by atoms with E-state index in [-0.39, 0.29) is 40.0 Å². The van der Waals surface area contributed by atoms with Crippen molar-refractivity contribution in [3.05, 3.63) is 0 Å². The Kier molecular flexibility index (Phi) is 12.7. The summed E-state index contributed by atoms with van der Waals surface area (Å²) in [6.45, 7) is 20.9. The second-order valence-corrected chi connectivity index (χ2v) is 12.7. The third kappa shape index (κ3) is 10.9. The van der Waals surface area contributed by atoms with Gasteiger partial charge < -0.3 is 0 Å². The molecule has 0 aromatic rings. The van der Waals surface area contributed by atoms with E-state index in [2.05, 4.69) is 41.5 Å². The molecule has 3 heteroatoms. The van der Waals surface area contributed by atoms with Crippen molar-refractivity contribution in [1.29, 1.82) is 0 Å². The van der Waals surface area contributed by atoms with Gasteiger partial charge in [-0.05, 0) is 67.1 Å². The standard InChI is InChI=1S/C9H17F.C8H14F2.C7H14.3CH4/c1-8(2,3)7-5-9(4,10)6-7;1-7(2,3)6-4-5-8(6,9)10;1-7(2,3)6-4-5-6;;;/h7H,5-6H2,1-4H3;6H,4-5H2,1-3H3;6H,4-5H2,1-3H3;3*1H4. The Morgan fingerprint density at radius 1 is 0.600 bits per heavy atom. The van der Waals surface area contributed by atoms with Gasteiger partial charge in [0, 0.05) is 12.3 Å². The fourth-order valence-corrected chi connectivity index (χ4v) is 4.10. The maximum atomic E-state index is 13.0. The molecule has 0 saturated heterocycles. The zero-order chi connectivity index (χ0) is 21.5. The van der Waals surface area contributed by atoms with Crippen LogP contribution in [0.15, 0.2) is 0 Å². The molecule has 0 N–H and O–H groups in total. The minimum atomic E-state index is -2.38. The van der Waals surface area contributed by atoms with Crippen molar-refractivity contribution in [2.75, 3.05) is 0 Å². The van der Waals surface area contributed by atoms with Gasteiger partial charge in [0.15, 0.2) is 0 Å². The molecule has 3 aliphatic carbocycles. The van der Waals surface area contributed by atoms with Crippen LogP contribution in [0.4, 0.5) is 13.2 Å². The second kappa shape index (κ2) is 11.1. The first-order valence-electron chi connectivity index (χ1n) is 10.8. The van der Waals surface area contributed by atoms with E-state index in [1.165, 1.54) is 12.8 Å². The van der Waals surface area contributed by atoms with E-state index in [9.17, 15) is 13.2 Å². The number of halogens is 3. The topological polar surface area (TPSA) is 0 Å². The van der Waals surface area contributed by atoms with E-state index < -0.39 is 11.6 Å². The molecule has 3 rings (SSSR count). The fraction of sp³-hybridized carbons (Fsp3) is 1.00. The van der Waals surface area contributed by atoms with Gasteiger partial charge in [0.2, 0.25) is 0 Å². The average Bonchev–Trinajstić information content (AvgIpc) is 3.16. The summed E-state index contributed by atoms with van der Waals surface area (Å²) >= 11 is 0. The lowest BCUT2D eigenvalue weighted by Crippen LogP contribution is -2.46. The van der Waals surface area contributed by atoms with Crippen LogP contribution in [0.2, 0.25) is 0 Å². The van der Waals surface area contributed by atoms with Crippen LogP contribution in [0, 0.1) is 34.0 Å². The molecule has 1 atom stereocenters. The summed E-state index contributed by atoms with van der Waals surface area (Å²) in [5.41, 5.74) is -0.148. The highest BCUT2D eigenvalue weighted by Gasteiger charge is 2.53. The van der Waals surface area contributed by atoms with Crippen LogP contribution in [0.5, 0.6) is 0 Å². The van der Waals surface area contributed by atoms with Crippen molar-refractivity contribution in [2.45, 2.75) is 142 Å². The summed E-state index contributed by atoms with van der Waals surface area (Å²) in [7, 11) is 0. The lowest BCUT2D eigenvalue weighted by Gasteiger charge is -2.46. The molecule has 3 saturated carbocycles. The van der Waals surface area contributed by atoms with Crippen LogP contribution < -0.4 is 0 Å². The molecule has 3 aliphatic rings. The van der Waals surface area contributed by atoms with E-state index in [1.807, 2.05) is 20.8 Å². The molecule has 0 aromatic carbocycles. The number of hydrogen-bond acceptors (Lipinski definition) is 0. The third-order valence-electron chi connectivity index (χ3n) is 6.69. The Labute approximate surface area is 189 Å². The van der Waals surface area contributed by atoms with Crippen molar-refractivity contribution < 1.29 is 13.2 Å². The fourth-order valence-electron chi connectivity index (χ4n) is 4.10. The Bertz CT molecular complexity index is 450. The second-order valence-electron chi connectivity index (χ2n) is 12.7. The normalized spacial score (nSPS) is 29.5. The molecular formula is C27H57F3. The molecule has 0 radical (unpaired) electrons. The molecule has 0 heterocycles. The van der Waals surface area contributed by atoms with E-state index in [4.69, 9.17) is 0 Å². The first-order chi connectivity index (χ1) is 11.8. The molecule has 0 amide bonds. The van der Waals surface area contributed by atoms with Gasteiger partial charge >= 0.3 is 0 Å². The highest BCUT2D eigenvalue weighted by Crippen LogP contribution is 2.52. The first kappa shape index (κ1) is 34.4. The van der Waals surface area contributed by atoms with Crippen LogP contribution in [0.25, 0.3) is 0 Å². The maximum Gasteiger partial charge on any atom is 0.251 e. The molecule has 0 spiro atoms. The maximum absolute atomic E-state index is 13.0. The predicted molar refractivity (Wildman–Crippen MR) is 131 cm³/mol. The van der Waals surface area contributed by atoms with Crippen LogP contribution in [0.1, 0.15) is 130 Å². The molecule has 0 nitrogen and oxygen atoms in total. The van der Waals surface area contributed by atoms with E-state index in [0.29, 0.717) is 23.2 Å². The van der Waals surface area contributed by atoms with Gasteiger partial charge in [-0.3, -0.25) is 0 Å². The lowest BCUT2D eigenvalue weighted by atomic mass is 9.62. The summed E-state index contributed by atoms with van der Waals surface area (Å²) in [5, 5.41) is 0. The Hall–Kier alpha value is -0.210. The van der Waals surface area contributed by atoms with Crippen LogP contribution >= 0.6 is 0 Å². The van der Waals surface area contributed by atoms with Crippen LogP contribution in [0.3, 0.4) is 0 Å². The third-order valence-corrected chi connectivity index (χ3v) is 6.69. The summed E-state index contributed by atoms with van der Waals surface area (Å²) in [6.07, 6.45) is 5.26. The Balaban J connectivity index is -0.000000352. The molecule has 3 fully saturated rings. The predicted octanol–water partition coefficient (Wildman–Crippen LogP) is 10.6. The first-order valence-corrected chi connectivity index (χ1v) is 10.8. The molecule has 0 bridgehead atoms. The molecule has 1 unspecified atom stereocenters. The van der Waals surface area contributed by atoms with Crippen molar-refractivity contribution in [3.63, 3.8) is 0 Å². The van der Waals surface area contributed by atoms with Crippen LogP contribution in [-0.2, 0) is 0 Å². The summed E-state index contributed by atoms with van der Waals surface area (Å²) in [6, 6.07) is 0. The van der Waals surface area contributed by atoms with Crippen LogP contribution in [-0.4, -0.2) is 11.6 Å². The molecular weight excluding hydrogens is 381 g/mol. The van der Waals surface area contributed by atoms with Crippen molar-refractivity contribution >= 4 is 0 Å². The van der Waals surface area contributed by atoms with Gasteiger partial charge in [-0.25, -0.2) is 13.2 Å². The largest absolute Gasteiger partial charge is 0.251 e. The van der Waals surface area contributed by atoms with Gasteiger partial charge in [-0.1, -0.05) is 84.6 Å². The SMILES string of the molecule is C.C.C.CC(C)(C)C1CC1.CC(C)(C)C1CCC1(F)F.CC1(F)CC(C(C)(C)C)C1. The summed E-state index contributed by atoms with van der Waals surface area (Å²) in [4.78, 5) is 0. The monoisotopic (exact) mass is 438 g/mol. The molecule has 30 heavy (non-hydrogen) atoms. The summed E-state index contributed by atoms with van der Waals surface area (Å²) < 4.78 is 38.4. The number of rotatable bonds is 0. The van der Waals surface area contributed by atoms with Gasteiger partial charge in [0.25, 0.3) is 5.92 Å². The molecule has 0 aromatic heterocycles. The zero-order valence-electron chi connectivity index (χ0n) is 19.6. The van der Waals surface area contributed by atoms with Gasteiger partial charge in [0.1, 0.15) is 5.67 Å². The van der Waals surface area contributed by atoms with E-state index in [1.54, 1.807) is 6.92 Å². The Morgan fingerprint density at radius 3 is 1.00 bits per heavy atom. The lowest BCUT2D eigenvalue weighted by molar-refractivity contribution is -0.169. The quantitative estimate of drug-likeness (QED) is 0.353. The highest BCUT2D eigenvalue weighted by atomic mass is 19.3. The van der Waals surface area contributed by atoms with Gasteiger partial charge in [-0.15, -0.1) is 0 Å². The zero-order valence-corrected chi connectivity index (χ0v) is 19.6. The van der Waals surface area contributed by atoms with Gasteiger partial charge in [0.05, 0.1) is 0 Å². The average molecular weight is 439 g/mol. The van der Waals surface area contributed by atoms with Crippen molar-refractivity contribution in [3.8, 4) is 0 Å². The smallest absolute Gasteiger partial charge is 0.244 e. The van der Waals surface area contributed by atoms with E-state index in [0.717, 1.165) is 18.8 Å². The molecule has 186 valence electrons. The minimum absolute atomic E-state index is 0. The number of alkyl halides is 3. The van der Waals surface area contributed by atoms with E-state index >= 15 is 0 Å². The molecule has 0 aliphatic heterocycles. The number of hydrogen-bond donors (Lipinski definition) is 0.